The number of H-pyrrole nitrogens is 2. The maximum atomic E-state index is 10.8. The largest absolute Gasteiger partial charge is 0.395 e. The lowest BCUT2D eigenvalue weighted by Gasteiger charge is -1.90. The molecule has 0 aromatic carbocycles. The maximum absolute atomic E-state index is 10.8. The Morgan fingerprint density at radius 2 is 1.76 bits per heavy atom. The van der Waals surface area contributed by atoms with E-state index in [1.807, 2.05) is 0 Å². The molecule has 0 atom stereocenters. The molecule has 0 unspecified atom stereocenters. The molecule has 0 saturated heterocycles. The van der Waals surface area contributed by atoms with E-state index in [2.05, 4.69) is 27.0 Å². The average molecular weight is 357 g/mol. The summed E-state index contributed by atoms with van der Waals surface area (Å²) in [5.74, 6) is -0.0618. The van der Waals surface area contributed by atoms with Crippen molar-refractivity contribution in [1.29, 1.82) is 0 Å². The number of rotatable bonds is 3. The van der Waals surface area contributed by atoms with Gasteiger partial charge in [-0.1, -0.05) is 44.6 Å². The van der Waals surface area contributed by atoms with Crippen molar-refractivity contribution in [3.63, 3.8) is 0 Å². The van der Waals surface area contributed by atoms with Crippen LogP contribution in [0.4, 0.5) is 5.69 Å². The zero-order chi connectivity index (χ0) is 13.5. The van der Waals surface area contributed by atoms with E-state index in [-0.39, 0.29) is 39.5 Å². The first-order valence-corrected chi connectivity index (χ1v) is 5.57. The lowest BCUT2D eigenvalue weighted by molar-refractivity contribution is -0.114. The summed E-state index contributed by atoms with van der Waals surface area (Å²) in [4.78, 5) is 10.8. The van der Waals surface area contributed by atoms with E-state index >= 15 is 0 Å². The van der Waals surface area contributed by atoms with Gasteiger partial charge in [0.2, 0.25) is 0 Å². The Labute approximate surface area is 140 Å². The van der Waals surface area contributed by atoms with Crippen LogP contribution in [0, 0.1) is 0 Å². The van der Waals surface area contributed by atoms with Gasteiger partial charge in [0.05, 0.1) is 18.1 Å². The summed E-state index contributed by atoms with van der Waals surface area (Å²) in [6, 6.07) is 0. The molecule has 0 aliphatic heterocycles. The molecular weight excluding hydrogens is 337 g/mol. The van der Waals surface area contributed by atoms with Crippen LogP contribution in [0.3, 0.4) is 0 Å². The van der Waals surface area contributed by atoms with Crippen LogP contribution in [0.1, 0.15) is 20.4 Å². The molecule has 2 aromatic heterocycles. The number of carbonyl (C=O) groups excluding carboxylic acids is 1. The highest BCUT2D eigenvalue weighted by Crippen LogP contribution is 2.11. The average Bonchev–Trinajstić information content (AvgIpc) is 2.91. The Balaban J connectivity index is -0.000000288. The molecule has 21 heavy (non-hydrogen) atoms. The Hall–Kier alpha value is -1.50. The number of aromatic amines is 2. The van der Waals surface area contributed by atoms with Crippen LogP contribution in [0.15, 0.2) is 25.0 Å². The normalized spacial score (nSPS) is 8.10. The Morgan fingerprint density at radius 3 is 2.05 bits per heavy atom. The summed E-state index contributed by atoms with van der Waals surface area (Å²) in [6.07, 6.45) is 4.52. The molecule has 2 aromatic rings. The van der Waals surface area contributed by atoms with E-state index in [0.29, 0.717) is 21.6 Å². The highest BCUT2D eigenvalue weighted by Gasteiger charge is 2.04. The molecule has 0 radical (unpaired) electrons. The van der Waals surface area contributed by atoms with E-state index < -0.39 is 0 Å². The molecule has 0 saturated carbocycles. The van der Waals surface area contributed by atoms with Crippen LogP contribution in [0.25, 0.3) is 0 Å². The molecule has 0 bridgehead atoms. The van der Waals surface area contributed by atoms with Gasteiger partial charge in [0.25, 0.3) is 0 Å². The Bertz CT molecular complexity index is 522. The first kappa shape index (κ1) is 24.5. The van der Waals surface area contributed by atoms with Crippen LogP contribution < -0.4 is 5.73 Å². The summed E-state index contributed by atoms with van der Waals surface area (Å²) >= 11 is 11.0. The number of halogens is 3. The van der Waals surface area contributed by atoms with Crippen LogP contribution in [-0.4, -0.2) is 26.2 Å². The highest BCUT2D eigenvalue weighted by molar-refractivity contribution is 6.31. The molecule has 0 aliphatic carbocycles. The lowest BCUT2D eigenvalue weighted by atomic mass is 10.2. The van der Waals surface area contributed by atoms with Crippen LogP contribution in [-0.2, 0) is 11.2 Å². The Morgan fingerprint density at radius 1 is 1.24 bits per heavy atom. The molecule has 0 amide bonds. The van der Waals surface area contributed by atoms with Gasteiger partial charge in [-0.15, -0.1) is 12.4 Å². The topological polar surface area (TPSA) is 100 Å². The van der Waals surface area contributed by atoms with Crippen LogP contribution >= 0.6 is 35.6 Å². The van der Waals surface area contributed by atoms with E-state index in [4.69, 9.17) is 28.9 Å². The Kier molecular flexibility index (Phi) is 14.3. The number of nitrogens with one attached hydrogen (secondary N) is 2. The number of nitrogen functional groups attached to an aromatic ring is 1. The maximum Gasteiger partial charge on any atom is 0.159 e. The van der Waals surface area contributed by atoms with Gasteiger partial charge >= 0.3 is 0 Å². The minimum atomic E-state index is -0.0618. The van der Waals surface area contributed by atoms with Crippen molar-refractivity contribution in [2.75, 3.05) is 5.73 Å². The molecule has 2 rings (SSSR count). The van der Waals surface area contributed by atoms with Gasteiger partial charge in [0, 0.05) is 12.0 Å². The number of hydrogen-bond acceptors (Lipinski definition) is 4. The highest BCUT2D eigenvalue weighted by atomic mass is 35.5. The number of nitrogens with two attached hydrogens (primary N) is 1. The van der Waals surface area contributed by atoms with Crippen LogP contribution in [0.2, 0.25) is 10.3 Å². The second-order valence-electron chi connectivity index (χ2n) is 3.20. The number of carbonyl (C=O) groups is 1. The van der Waals surface area contributed by atoms with Crippen molar-refractivity contribution in [2.45, 2.75) is 21.3 Å². The van der Waals surface area contributed by atoms with Gasteiger partial charge in [0.15, 0.2) is 5.78 Å². The number of hydrogen-bond donors (Lipinski definition) is 3. The minimum absolute atomic E-state index is 0. The molecule has 6 nitrogen and oxygen atoms in total. The zero-order valence-electron chi connectivity index (χ0n) is 9.69. The molecule has 4 N–H and O–H groups in total. The van der Waals surface area contributed by atoms with Gasteiger partial charge < -0.3 is 5.73 Å². The standard InChI is InChI=1S/C7H7ClN2O.C3H4ClN3.2CH4.ClH/c1-2-6(11)3-5-4-9-10-7(5)8;4-3-2(5)1-6-7-3;;;/h2,4H,1,3H2,(H,9,10);1H,5H2,(H,6,7);2*1H4;1H. The third-order valence-corrected chi connectivity index (χ3v) is 2.51. The van der Waals surface area contributed by atoms with E-state index in [9.17, 15) is 4.79 Å². The SMILES string of the molecule is C.C.C=CC(=O)Cc1cn[nH]c1Cl.Cl.Nc1cn[nH]c1Cl. The number of anilines is 1. The molecule has 0 aliphatic rings. The second kappa shape index (κ2) is 12.3. The fourth-order valence-electron chi connectivity index (χ4n) is 0.958. The van der Waals surface area contributed by atoms with Crippen LogP contribution in [0.5, 0.6) is 0 Å². The monoisotopic (exact) mass is 355 g/mol. The third-order valence-electron chi connectivity index (χ3n) is 1.88. The second-order valence-corrected chi connectivity index (χ2v) is 3.95. The summed E-state index contributed by atoms with van der Waals surface area (Å²) in [5.41, 5.74) is 6.41. The molecule has 2 heterocycles. The van der Waals surface area contributed by atoms with E-state index in [1.165, 1.54) is 18.5 Å². The summed E-state index contributed by atoms with van der Waals surface area (Å²) in [6.45, 7) is 3.35. The first-order chi connectivity index (χ1) is 8.54. The van der Waals surface area contributed by atoms with Crippen molar-refractivity contribution in [1.82, 2.24) is 20.4 Å². The van der Waals surface area contributed by atoms with Gasteiger partial charge in [-0.2, -0.15) is 10.2 Å². The minimum Gasteiger partial charge on any atom is -0.395 e. The molecule has 9 heteroatoms. The number of ketones is 1. The molecular formula is C12H20Cl3N5O. The molecule has 0 fully saturated rings. The number of nitrogens with zero attached hydrogens (tertiary/aromatic N) is 2. The zero-order valence-corrected chi connectivity index (χ0v) is 12.0. The first-order valence-electron chi connectivity index (χ1n) is 4.82. The number of allylic oxidation sites excluding steroid dienone is 1. The molecule has 0 spiro atoms. The van der Waals surface area contributed by atoms with Crippen molar-refractivity contribution >= 4 is 47.1 Å². The van der Waals surface area contributed by atoms with Gasteiger partial charge in [-0.3, -0.25) is 15.0 Å². The van der Waals surface area contributed by atoms with Gasteiger partial charge in [-0.25, -0.2) is 0 Å². The van der Waals surface area contributed by atoms with Crippen molar-refractivity contribution in [3.05, 3.63) is 40.9 Å². The van der Waals surface area contributed by atoms with Gasteiger partial charge in [0.1, 0.15) is 10.3 Å². The lowest BCUT2D eigenvalue weighted by Crippen LogP contribution is -1.96. The predicted octanol–water partition coefficient (Wildman–Crippen LogP) is 3.70. The van der Waals surface area contributed by atoms with E-state index in [1.54, 1.807) is 0 Å². The molecule has 120 valence electrons. The number of aromatic nitrogens is 4. The van der Waals surface area contributed by atoms with E-state index in [0.717, 1.165) is 0 Å². The smallest absolute Gasteiger partial charge is 0.159 e. The fourth-order valence-corrected chi connectivity index (χ4v) is 1.22. The summed E-state index contributed by atoms with van der Waals surface area (Å²) < 4.78 is 0. The summed E-state index contributed by atoms with van der Waals surface area (Å²) in [7, 11) is 0. The van der Waals surface area contributed by atoms with Crippen molar-refractivity contribution in [2.24, 2.45) is 0 Å². The van der Waals surface area contributed by atoms with Crippen molar-refractivity contribution < 1.29 is 4.79 Å². The van der Waals surface area contributed by atoms with Gasteiger partial charge in [-0.05, 0) is 6.08 Å². The predicted molar refractivity (Wildman–Crippen MR) is 91.2 cm³/mol. The third kappa shape index (κ3) is 8.39. The fraction of sp³-hybridized carbons (Fsp3) is 0.250. The summed E-state index contributed by atoms with van der Waals surface area (Å²) in [5, 5.41) is 13.0. The van der Waals surface area contributed by atoms with Crippen molar-refractivity contribution in [3.8, 4) is 0 Å². The quantitative estimate of drug-likeness (QED) is 0.730.